The summed E-state index contributed by atoms with van der Waals surface area (Å²) in [6.45, 7) is 3.01. The highest BCUT2D eigenvalue weighted by atomic mass is 16.2. The fraction of sp³-hybridized carbons (Fsp3) is 0.238. The molecule has 0 radical (unpaired) electrons. The number of carbonyl (C=O) groups is 2. The van der Waals surface area contributed by atoms with Gasteiger partial charge in [-0.2, -0.15) is 0 Å². The number of nitrogens with zero attached hydrogens (tertiary/aromatic N) is 1. The molecule has 1 aromatic heterocycles. The van der Waals surface area contributed by atoms with E-state index in [9.17, 15) is 9.59 Å². The Labute approximate surface area is 152 Å². The van der Waals surface area contributed by atoms with Crippen LogP contribution in [-0.4, -0.2) is 34.8 Å². The SMILES string of the molecule is CCc1ccc(NC(=O)C2CN(C(=O)c3c[nH]c4ccccc34)C2)cc1. The molecule has 2 N–H and O–H groups in total. The van der Waals surface area contributed by atoms with Gasteiger partial charge in [0.2, 0.25) is 5.91 Å². The Bertz CT molecular complexity index is 953. The highest BCUT2D eigenvalue weighted by molar-refractivity contribution is 6.07. The number of anilines is 1. The van der Waals surface area contributed by atoms with Crippen molar-refractivity contribution in [1.82, 2.24) is 9.88 Å². The Hall–Kier alpha value is -3.08. The first-order chi connectivity index (χ1) is 12.7. The largest absolute Gasteiger partial charge is 0.360 e. The third kappa shape index (κ3) is 2.96. The maximum Gasteiger partial charge on any atom is 0.256 e. The van der Waals surface area contributed by atoms with E-state index in [1.165, 1.54) is 5.56 Å². The summed E-state index contributed by atoms with van der Waals surface area (Å²) in [7, 11) is 0. The van der Waals surface area contributed by atoms with Crippen molar-refractivity contribution in [3.8, 4) is 0 Å². The Morgan fingerprint density at radius 1 is 1.12 bits per heavy atom. The number of aromatic nitrogens is 1. The summed E-state index contributed by atoms with van der Waals surface area (Å²) in [6.07, 6.45) is 2.72. The van der Waals surface area contributed by atoms with Gasteiger partial charge < -0.3 is 15.2 Å². The first-order valence-electron chi connectivity index (χ1n) is 8.91. The van der Waals surface area contributed by atoms with Gasteiger partial charge in [-0.1, -0.05) is 37.3 Å². The van der Waals surface area contributed by atoms with Gasteiger partial charge >= 0.3 is 0 Å². The quantitative estimate of drug-likeness (QED) is 0.759. The van der Waals surface area contributed by atoms with Crippen LogP contribution in [-0.2, 0) is 11.2 Å². The predicted octanol–water partition coefficient (Wildman–Crippen LogP) is 3.44. The van der Waals surface area contributed by atoms with Crippen LogP contribution >= 0.6 is 0 Å². The van der Waals surface area contributed by atoms with Crippen molar-refractivity contribution in [2.75, 3.05) is 18.4 Å². The lowest BCUT2D eigenvalue weighted by Gasteiger charge is -2.38. The molecule has 2 aromatic carbocycles. The van der Waals surface area contributed by atoms with Crippen LogP contribution in [0.3, 0.4) is 0 Å². The number of nitrogens with one attached hydrogen (secondary N) is 2. The number of fused-ring (bicyclic) bond motifs is 1. The summed E-state index contributed by atoms with van der Waals surface area (Å²) in [5.74, 6) is -0.217. The van der Waals surface area contributed by atoms with E-state index in [1.54, 1.807) is 11.1 Å². The van der Waals surface area contributed by atoms with Gasteiger partial charge in [-0.25, -0.2) is 0 Å². The molecule has 132 valence electrons. The second-order valence-corrected chi connectivity index (χ2v) is 6.69. The molecule has 3 aromatic rings. The number of benzene rings is 2. The van der Waals surface area contributed by atoms with E-state index in [0.717, 1.165) is 23.0 Å². The van der Waals surface area contributed by atoms with Crippen molar-refractivity contribution in [2.45, 2.75) is 13.3 Å². The zero-order valence-corrected chi connectivity index (χ0v) is 14.7. The number of para-hydroxylation sites is 1. The molecule has 0 aliphatic carbocycles. The first-order valence-corrected chi connectivity index (χ1v) is 8.91. The fourth-order valence-electron chi connectivity index (χ4n) is 3.30. The lowest BCUT2D eigenvalue weighted by atomic mass is 9.97. The Balaban J connectivity index is 1.37. The van der Waals surface area contributed by atoms with Crippen LogP contribution < -0.4 is 5.32 Å². The number of H-pyrrole nitrogens is 1. The monoisotopic (exact) mass is 347 g/mol. The number of likely N-dealkylation sites (tertiary alicyclic amines) is 1. The molecular weight excluding hydrogens is 326 g/mol. The number of hydrogen-bond acceptors (Lipinski definition) is 2. The van der Waals surface area contributed by atoms with Crippen molar-refractivity contribution < 1.29 is 9.59 Å². The fourth-order valence-corrected chi connectivity index (χ4v) is 3.30. The summed E-state index contributed by atoms with van der Waals surface area (Å²) in [5.41, 5.74) is 3.64. The highest BCUT2D eigenvalue weighted by Gasteiger charge is 2.36. The molecule has 0 saturated carbocycles. The molecular formula is C21H21N3O2. The van der Waals surface area contributed by atoms with Gasteiger partial charge in [-0.15, -0.1) is 0 Å². The van der Waals surface area contributed by atoms with E-state index >= 15 is 0 Å². The van der Waals surface area contributed by atoms with Gasteiger partial charge in [-0.3, -0.25) is 9.59 Å². The van der Waals surface area contributed by atoms with E-state index in [1.807, 2.05) is 48.5 Å². The molecule has 0 atom stereocenters. The number of rotatable bonds is 4. The summed E-state index contributed by atoms with van der Waals surface area (Å²) < 4.78 is 0. The molecule has 2 amide bonds. The van der Waals surface area contributed by atoms with Crippen LogP contribution in [0.2, 0.25) is 0 Å². The minimum atomic E-state index is -0.157. The average Bonchev–Trinajstić information content (AvgIpc) is 3.05. The molecule has 5 nitrogen and oxygen atoms in total. The molecule has 5 heteroatoms. The second-order valence-electron chi connectivity index (χ2n) is 6.69. The second kappa shape index (κ2) is 6.67. The first kappa shape index (κ1) is 16.4. The lowest BCUT2D eigenvalue weighted by molar-refractivity contribution is -0.123. The van der Waals surface area contributed by atoms with Crippen LogP contribution in [0.5, 0.6) is 0 Å². The Kier molecular flexibility index (Phi) is 4.21. The maximum absolute atomic E-state index is 12.7. The van der Waals surface area contributed by atoms with Crippen LogP contribution in [0.1, 0.15) is 22.8 Å². The number of amides is 2. The normalized spacial score (nSPS) is 14.3. The molecule has 0 spiro atoms. The van der Waals surface area contributed by atoms with Crippen LogP contribution in [0, 0.1) is 5.92 Å². The van der Waals surface area contributed by atoms with Gasteiger partial charge in [0, 0.05) is 35.9 Å². The van der Waals surface area contributed by atoms with Crippen LogP contribution in [0.4, 0.5) is 5.69 Å². The summed E-state index contributed by atoms with van der Waals surface area (Å²) in [6, 6.07) is 15.6. The predicted molar refractivity (Wildman–Crippen MR) is 102 cm³/mol. The topological polar surface area (TPSA) is 65.2 Å². The van der Waals surface area contributed by atoms with Crippen molar-refractivity contribution in [1.29, 1.82) is 0 Å². The zero-order valence-electron chi connectivity index (χ0n) is 14.7. The van der Waals surface area contributed by atoms with E-state index in [-0.39, 0.29) is 17.7 Å². The maximum atomic E-state index is 12.7. The molecule has 1 saturated heterocycles. The minimum Gasteiger partial charge on any atom is -0.360 e. The molecule has 0 unspecified atom stereocenters. The third-order valence-electron chi connectivity index (χ3n) is 4.99. The van der Waals surface area contributed by atoms with Crippen molar-refractivity contribution in [2.24, 2.45) is 5.92 Å². The molecule has 1 aliphatic heterocycles. The van der Waals surface area contributed by atoms with Gasteiger partial charge in [0.25, 0.3) is 5.91 Å². The molecule has 4 rings (SSSR count). The third-order valence-corrected chi connectivity index (χ3v) is 4.99. The number of hydrogen-bond donors (Lipinski definition) is 2. The van der Waals surface area contributed by atoms with Crippen LogP contribution in [0.25, 0.3) is 10.9 Å². The van der Waals surface area contributed by atoms with Gasteiger partial charge in [-0.05, 0) is 30.2 Å². The number of aryl methyl sites for hydroxylation is 1. The minimum absolute atomic E-state index is 0.0289. The lowest BCUT2D eigenvalue weighted by Crippen LogP contribution is -2.54. The Morgan fingerprint density at radius 2 is 1.85 bits per heavy atom. The van der Waals surface area contributed by atoms with Crippen molar-refractivity contribution >= 4 is 28.4 Å². The van der Waals surface area contributed by atoms with Crippen molar-refractivity contribution in [3.05, 3.63) is 65.9 Å². The Morgan fingerprint density at radius 3 is 2.58 bits per heavy atom. The summed E-state index contributed by atoms with van der Waals surface area (Å²) in [4.78, 5) is 29.9. The van der Waals surface area contributed by atoms with E-state index in [2.05, 4.69) is 17.2 Å². The molecule has 2 heterocycles. The van der Waals surface area contributed by atoms with Crippen LogP contribution in [0.15, 0.2) is 54.7 Å². The molecule has 1 aliphatic rings. The smallest absolute Gasteiger partial charge is 0.256 e. The van der Waals surface area contributed by atoms with Gasteiger partial charge in [0.1, 0.15) is 0 Å². The standard InChI is InChI=1S/C21H21N3O2/c1-2-14-7-9-16(10-8-14)23-20(25)15-12-24(13-15)21(26)18-11-22-19-6-4-3-5-17(18)19/h3-11,15,22H,2,12-13H2,1H3,(H,23,25). The molecule has 0 bridgehead atoms. The highest BCUT2D eigenvalue weighted by Crippen LogP contribution is 2.24. The van der Waals surface area contributed by atoms with E-state index in [4.69, 9.17) is 0 Å². The number of carbonyl (C=O) groups excluding carboxylic acids is 2. The van der Waals surface area contributed by atoms with E-state index in [0.29, 0.717) is 18.7 Å². The molecule has 26 heavy (non-hydrogen) atoms. The zero-order chi connectivity index (χ0) is 18.1. The van der Waals surface area contributed by atoms with E-state index < -0.39 is 0 Å². The average molecular weight is 347 g/mol. The number of aromatic amines is 1. The summed E-state index contributed by atoms with van der Waals surface area (Å²) >= 11 is 0. The van der Waals surface area contributed by atoms with Crippen molar-refractivity contribution in [3.63, 3.8) is 0 Å². The van der Waals surface area contributed by atoms with Gasteiger partial charge in [0.05, 0.1) is 11.5 Å². The van der Waals surface area contributed by atoms with Gasteiger partial charge in [0.15, 0.2) is 0 Å². The summed E-state index contributed by atoms with van der Waals surface area (Å²) in [5, 5.41) is 3.85. The molecule has 1 fully saturated rings.